The lowest BCUT2D eigenvalue weighted by Gasteiger charge is -2.13. The van der Waals surface area contributed by atoms with Crippen molar-refractivity contribution in [3.05, 3.63) is 51.5 Å². The largest absolute Gasteiger partial charge is 0.376 e. The molecular weight excluding hydrogens is 326 g/mol. The number of carbonyl (C=O) groups excluding carboxylic acids is 1. The first-order valence-corrected chi connectivity index (χ1v) is 8.28. The Bertz CT molecular complexity index is 894. The zero-order valence-corrected chi connectivity index (χ0v) is 14.0. The zero-order chi connectivity index (χ0) is 17.1. The molecule has 1 amide bonds. The Labute approximate surface area is 144 Å². The normalized spacial score (nSPS) is 17.1. The number of aromatic nitrogens is 2. The molecule has 7 heteroatoms. The van der Waals surface area contributed by atoms with Crippen LogP contribution < -0.4 is 10.9 Å². The maximum atomic E-state index is 12.7. The fourth-order valence-corrected chi connectivity index (χ4v) is 3.09. The zero-order valence-electron chi connectivity index (χ0n) is 13.2. The third kappa shape index (κ3) is 3.32. The number of hydrogen-bond donors (Lipinski definition) is 2. The number of benzene rings is 1. The van der Waals surface area contributed by atoms with Crippen LogP contribution in [0.15, 0.2) is 35.6 Å². The minimum absolute atomic E-state index is 0.0270. The molecule has 3 rings (SSSR count). The van der Waals surface area contributed by atoms with Crippen molar-refractivity contribution in [1.82, 2.24) is 14.9 Å². The van der Waals surface area contributed by atoms with Gasteiger partial charge in [-0.2, -0.15) is 0 Å². The highest BCUT2D eigenvalue weighted by Gasteiger charge is 2.18. The molecule has 1 atom stereocenters. The van der Waals surface area contributed by atoms with Gasteiger partial charge in [-0.25, -0.2) is 0 Å². The number of carbonyl (C=O) groups is 1. The second kappa shape index (κ2) is 7.11. The summed E-state index contributed by atoms with van der Waals surface area (Å²) in [6.45, 7) is 5.13. The average Bonchev–Trinajstić information content (AvgIpc) is 3.09. The van der Waals surface area contributed by atoms with Gasteiger partial charge in [0.1, 0.15) is 0 Å². The van der Waals surface area contributed by atoms with E-state index in [1.54, 1.807) is 24.3 Å². The predicted molar refractivity (Wildman–Crippen MR) is 94.9 cm³/mol. The smallest absolute Gasteiger partial charge is 0.262 e. The van der Waals surface area contributed by atoms with Gasteiger partial charge in [0.05, 0.1) is 23.6 Å². The molecule has 126 valence electrons. The molecule has 0 saturated carbocycles. The molecule has 0 spiro atoms. The number of H-pyrrole nitrogens is 1. The van der Waals surface area contributed by atoms with Crippen LogP contribution in [0.4, 0.5) is 0 Å². The minimum Gasteiger partial charge on any atom is -0.376 e. The van der Waals surface area contributed by atoms with Crippen molar-refractivity contribution in [2.24, 2.45) is 0 Å². The fraction of sp³-hybridized carbons (Fsp3) is 0.353. The molecule has 2 heterocycles. The van der Waals surface area contributed by atoms with Crippen LogP contribution in [0.5, 0.6) is 0 Å². The van der Waals surface area contributed by atoms with E-state index in [-0.39, 0.29) is 17.6 Å². The highest BCUT2D eigenvalue weighted by molar-refractivity contribution is 7.71. The van der Waals surface area contributed by atoms with E-state index in [1.807, 2.05) is 0 Å². The van der Waals surface area contributed by atoms with Crippen LogP contribution in [0.25, 0.3) is 10.9 Å². The van der Waals surface area contributed by atoms with E-state index in [1.165, 1.54) is 4.57 Å². The van der Waals surface area contributed by atoms with Gasteiger partial charge in [-0.15, -0.1) is 6.58 Å². The Morgan fingerprint density at radius 2 is 2.38 bits per heavy atom. The van der Waals surface area contributed by atoms with Crippen molar-refractivity contribution in [2.75, 3.05) is 13.2 Å². The molecule has 1 saturated heterocycles. The Balaban J connectivity index is 1.97. The number of nitrogens with one attached hydrogen (secondary N) is 2. The third-order valence-electron chi connectivity index (χ3n) is 4.06. The van der Waals surface area contributed by atoms with E-state index in [0.29, 0.717) is 34.3 Å². The standard InChI is InChI=1S/C17H19N3O3S/c1-2-7-18-15(21)11-5-6-13-14(9-11)19-17(24)20(16(13)22)10-12-4-3-8-23-12/h2,5-6,9,12H,1,3-4,7-8,10H2,(H,18,21)(H,19,24)/t12-/m1/s1. The predicted octanol–water partition coefficient (Wildman–Crippen LogP) is 2.15. The summed E-state index contributed by atoms with van der Waals surface area (Å²) < 4.78 is 7.46. The van der Waals surface area contributed by atoms with Crippen LogP contribution in [0.1, 0.15) is 23.2 Å². The molecule has 2 aromatic rings. The second-order valence-electron chi connectivity index (χ2n) is 5.74. The molecule has 0 bridgehead atoms. The molecule has 1 aliphatic rings. The van der Waals surface area contributed by atoms with Gasteiger partial charge in [0.25, 0.3) is 11.5 Å². The van der Waals surface area contributed by atoms with Gasteiger partial charge in [0.15, 0.2) is 4.77 Å². The summed E-state index contributed by atoms with van der Waals surface area (Å²) in [5, 5.41) is 3.21. The Morgan fingerprint density at radius 3 is 3.08 bits per heavy atom. The minimum atomic E-state index is -0.223. The van der Waals surface area contributed by atoms with E-state index in [9.17, 15) is 9.59 Å². The first kappa shape index (κ1) is 16.6. The van der Waals surface area contributed by atoms with E-state index in [4.69, 9.17) is 17.0 Å². The van der Waals surface area contributed by atoms with Crippen LogP contribution in [0, 0.1) is 4.77 Å². The highest BCUT2D eigenvalue weighted by Crippen LogP contribution is 2.15. The number of hydrogen-bond acceptors (Lipinski definition) is 4. The molecule has 1 aromatic carbocycles. The molecular formula is C17H19N3O3S. The summed E-state index contributed by atoms with van der Waals surface area (Å²) in [5.41, 5.74) is 0.855. The summed E-state index contributed by atoms with van der Waals surface area (Å²) >= 11 is 5.32. The van der Waals surface area contributed by atoms with Crippen LogP contribution in [0.3, 0.4) is 0 Å². The van der Waals surface area contributed by atoms with Gasteiger partial charge in [-0.1, -0.05) is 6.08 Å². The Kier molecular flexibility index (Phi) is 4.92. The van der Waals surface area contributed by atoms with Gasteiger partial charge >= 0.3 is 0 Å². The van der Waals surface area contributed by atoms with Crippen LogP contribution in [-0.2, 0) is 11.3 Å². The van der Waals surface area contributed by atoms with Gasteiger partial charge in [-0.3, -0.25) is 14.2 Å². The lowest BCUT2D eigenvalue weighted by Crippen LogP contribution is -2.28. The number of fused-ring (bicyclic) bond motifs is 1. The first-order chi connectivity index (χ1) is 11.6. The number of nitrogens with zero attached hydrogens (tertiary/aromatic N) is 1. The summed E-state index contributed by atoms with van der Waals surface area (Å²) in [7, 11) is 0. The topological polar surface area (TPSA) is 76.1 Å². The summed E-state index contributed by atoms with van der Waals surface area (Å²) in [5.74, 6) is -0.223. The third-order valence-corrected chi connectivity index (χ3v) is 4.38. The van der Waals surface area contributed by atoms with Gasteiger partial charge in [0.2, 0.25) is 0 Å². The molecule has 24 heavy (non-hydrogen) atoms. The van der Waals surface area contributed by atoms with Crippen LogP contribution in [-0.4, -0.2) is 34.7 Å². The van der Waals surface area contributed by atoms with Crippen molar-refractivity contribution >= 4 is 29.0 Å². The number of rotatable bonds is 5. The molecule has 1 aromatic heterocycles. The lowest BCUT2D eigenvalue weighted by atomic mass is 10.1. The molecule has 6 nitrogen and oxygen atoms in total. The molecule has 1 fully saturated rings. The van der Waals surface area contributed by atoms with Gasteiger partial charge in [-0.05, 0) is 43.3 Å². The quantitative estimate of drug-likeness (QED) is 0.643. The number of aromatic amines is 1. The SMILES string of the molecule is C=CCNC(=O)c1ccc2c(=O)n(C[C@H]3CCCO3)c(=S)[nH]c2c1. The van der Waals surface area contributed by atoms with E-state index in [0.717, 1.165) is 19.4 Å². The van der Waals surface area contributed by atoms with Crippen molar-refractivity contribution in [2.45, 2.75) is 25.5 Å². The number of amides is 1. The summed E-state index contributed by atoms with van der Waals surface area (Å²) in [6, 6.07) is 4.93. The van der Waals surface area contributed by atoms with Crippen molar-refractivity contribution in [3.8, 4) is 0 Å². The highest BCUT2D eigenvalue weighted by atomic mass is 32.1. The second-order valence-corrected chi connectivity index (χ2v) is 6.13. The molecule has 0 unspecified atom stereocenters. The van der Waals surface area contributed by atoms with Crippen LogP contribution in [0.2, 0.25) is 0 Å². The Hall–Kier alpha value is -2.25. The number of ether oxygens (including phenoxy) is 1. The van der Waals surface area contributed by atoms with Crippen molar-refractivity contribution in [3.63, 3.8) is 0 Å². The molecule has 0 radical (unpaired) electrons. The molecule has 1 aliphatic heterocycles. The molecule has 2 N–H and O–H groups in total. The van der Waals surface area contributed by atoms with Crippen molar-refractivity contribution in [1.29, 1.82) is 0 Å². The van der Waals surface area contributed by atoms with Gasteiger partial charge in [0, 0.05) is 18.7 Å². The summed E-state index contributed by atoms with van der Waals surface area (Å²) in [6.07, 6.45) is 3.57. The summed E-state index contributed by atoms with van der Waals surface area (Å²) in [4.78, 5) is 27.8. The van der Waals surface area contributed by atoms with E-state index < -0.39 is 0 Å². The van der Waals surface area contributed by atoms with E-state index in [2.05, 4.69) is 16.9 Å². The average molecular weight is 345 g/mol. The fourth-order valence-electron chi connectivity index (χ4n) is 2.82. The van der Waals surface area contributed by atoms with Crippen LogP contribution >= 0.6 is 12.2 Å². The Morgan fingerprint density at radius 1 is 1.54 bits per heavy atom. The molecule has 0 aliphatic carbocycles. The maximum absolute atomic E-state index is 12.7. The van der Waals surface area contributed by atoms with E-state index >= 15 is 0 Å². The lowest BCUT2D eigenvalue weighted by molar-refractivity contribution is 0.0955. The monoisotopic (exact) mass is 345 g/mol. The maximum Gasteiger partial charge on any atom is 0.262 e. The van der Waals surface area contributed by atoms with Crippen molar-refractivity contribution < 1.29 is 9.53 Å². The van der Waals surface area contributed by atoms with Gasteiger partial charge < -0.3 is 15.0 Å². The first-order valence-electron chi connectivity index (χ1n) is 7.87.